The third kappa shape index (κ3) is 3.08. The number of aryl methyl sites for hydroxylation is 1. The van der Waals surface area contributed by atoms with E-state index in [1.54, 1.807) is 6.92 Å². The van der Waals surface area contributed by atoms with Gasteiger partial charge in [0.2, 0.25) is 0 Å². The summed E-state index contributed by atoms with van der Waals surface area (Å²) in [4.78, 5) is 14.0. The summed E-state index contributed by atoms with van der Waals surface area (Å²) in [6, 6.07) is 7.57. The molecule has 0 aliphatic rings. The van der Waals surface area contributed by atoms with Crippen LogP contribution in [0.1, 0.15) is 11.3 Å². The molecule has 0 unspecified atom stereocenters. The van der Waals surface area contributed by atoms with E-state index in [1.165, 1.54) is 11.8 Å². The summed E-state index contributed by atoms with van der Waals surface area (Å²) in [7, 11) is 0. The van der Waals surface area contributed by atoms with Crippen LogP contribution in [-0.2, 0) is 5.75 Å². The summed E-state index contributed by atoms with van der Waals surface area (Å²) < 4.78 is 0. The highest BCUT2D eigenvalue weighted by molar-refractivity contribution is 7.98. The lowest BCUT2D eigenvalue weighted by Gasteiger charge is -2.02. The van der Waals surface area contributed by atoms with Gasteiger partial charge in [-0.3, -0.25) is 9.78 Å². The fourth-order valence-electron chi connectivity index (χ4n) is 1.20. The minimum Gasteiger partial charge on any atom is -0.298 e. The summed E-state index contributed by atoms with van der Waals surface area (Å²) in [5.74, 6) is 0.646. The number of rotatable bonds is 3. The highest BCUT2D eigenvalue weighted by Gasteiger charge is 2.03. The van der Waals surface area contributed by atoms with Crippen molar-refractivity contribution in [1.82, 2.24) is 15.2 Å². The molecule has 1 heterocycles. The van der Waals surface area contributed by atoms with E-state index in [2.05, 4.69) is 15.2 Å². The Hall–Kier alpha value is -1.33. The van der Waals surface area contributed by atoms with Crippen LogP contribution in [0.5, 0.6) is 0 Å². The first-order chi connectivity index (χ1) is 8.16. The molecule has 0 aliphatic carbocycles. The van der Waals surface area contributed by atoms with Gasteiger partial charge in [0.15, 0.2) is 5.16 Å². The van der Waals surface area contributed by atoms with Crippen molar-refractivity contribution in [1.29, 1.82) is 0 Å². The number of hydrogen-bond acceptors (Lipinski definition) is 4. The van der Waals surface area contributed by atoms with Gasteiger partial charge in [-0.15, -0.1) is 10.2 Å². The first-order valence-electron chi connectivity index (χ1n) is 4.96. The Kier molecular flexibility index (Phi) is 3.81. The fraction of sp³-hybridized carbons (Fsp3) is 0.182. The van der Waals surface area contributed by atoms with Crippen LogP contribution < -0.4 is 5.56 Å². The highest BCUT2D eigenvalue weighted by atomic mass is 35.5. The number of hydrogen-bond donors (Lipinski definition) is 1. The molecule has 2 rings (SSSR count). The third-order valence-electron chi connectivity index (χ3n) is 2.16. The normalized spacial score (nSPS) is 10.5. The molecule has 17 heavy (non-hydrogen) atoms. The summed E-state index contributed by atoms with van der Waals surface area (Å²) in [5, 5.41) is 8.88. The zero-order valence-electron chi connectivity index (χ0n) is 9.11. The van der Waals surface area contributed by atoms with E-state index in [-0.39, 0.29) is 5.56 Å². The van der Waals surface area contributed by atoms with Crippen LogP contribution in [0.2, 0.25) is 5.02 Å². The van der Waals surface area contributed by atoms with E-state index in [4.69, 9.17) is 11.6 Å². The summed E-state index contributed by atoms with van der Waals surface area (Å²) in [6.07, 6.45) is 0. The Labute approximate surface area is 107 Å². The van der Waals surface area contributed by atoms with Crippen LogP contribution in [0, 0.1) is 6.92 Å². The van der Waals surface area contributed by atoms with Crippen molar-refractivity contribution >= 4 is 23.4 Å². The van der Waals surface area contributed by atoms with Crippen molar-refractivity contribution in [3.05, 3.63) is 50.9 Å². The quantitative estimate of drug-likeness (QED) is 0.868. The first kappa shape index (κ1) is 12.1. The lowest BCUT2D eigenvalue weighted by Crippen LogP contribution is -2.14. The van der Waals surface area contributed by atoms with E-state index in [1.807, 2.05) is 24.3 Å². The van der Waals surface area contributed by atoms with Crippen molar-refractivity contribution in [2.45, 2.75) is 17.8 Å². The minimum absolute atomic E-state index is 0.207. The second kappa shape index (κ2) is 5.33. The topological polar surface area (TPSA) is 58.6 Å². The standard InChI is InChI=1S/C11H10ClN3OS/c1-7-10(16)13-11(15-14-7)17-6-8-4-2-3-5-9(8)12/h2-5H,6H2,1H3,(H,13,15,16). The smallest absolute Gasteiger partial charge is 0.273 e. The Morgan fingerprint density at radius 1 is 1.35 bits per heavy atom. The molecule has 0 aliphatic heterocycles. The van der Waals surface area contributed by atoms with Crippen LogP contribution in [0.3, 0.4) is 0 Å². The molecule has 0 atom stereocenters. The summed E-state index contributed by atoms with van der Waals surface area (Å²) in [6.45, 7) is 1.62. The van der Waals surface area contributed by atoms with E-state index in [0.717, 1.165) is 5.56 Å². The molecule has 0 amide bonds. The zero-order valence-corrected chi connectivity index (χ0v) is 10.7. The molecule has 0 radical (unpaired) electrons. The number of benzene rings is 1. The number of nitrogens with zero attached hydrogens (tertiary/aromatic N) is 2. The van der Waals surface area contributed by atoms with Gasteiger partial charge in [0.05, 0.1) is 0 Å². The summed E-state index contributed by atoms with van der Waals surface area (Å²) >= 11 is 7.42. The molecule has 0 fully saturated rings. The number of aromatic amines is 1. The molecule has 0 bridgehead atoms. The Morgan fingerprint density at radius 3 is 2.82 bits per heavy atom. The van der Waals surface area contributed by atoms with E-state index >= 15 is 0 Å². The predicted octanol–water partition coefficient (Wildman–Crippen LogP) is 2.42. The van der Waals surface area contributed by atoms with Crippen LogP contribution in [0.4, 0.5) is 0 Å². The van der Waals surface area contributed by atoms with Crippen LogP contribution >= 0.6 is 23.4 Å². The monoisotopic (exact) mass is 267 g/mol. The Balaban J connectivity index is 2.10. The Morgan fingerprint density at radius 2 is 2.12 bits per heavy atom. The fourth-order valence-corrected chi connectivity index (χ4v) is 2.29. The number of thioether (sulfide) groups is 1. The number of nitrogens with one attached hydrogen (secondary N) is 1. The Bertz CT molecular complexity index is 585. The van der Waals surface area contributed by atoms with E-state index in [9.17, 15) is 4.79 Å². The molecule has 1 aromatic heterocycles. The lowest BCUT2D eigenvalue weighted by molar-refractivity contribution is 0.790. The molecule has 0 saturated heterocycles. The second-order valence-electron chi connectivity index (χ2n) is 3.42. The van der Waals surface area contributed by atoms with Crippen molar-refractivity contribution in [2.24, 2.45) is 0 Å². The van der Waals surface area contributed by atoms with Gasteiger partial charge >= 0.3 is 0 Å². The molecule has 88 valence electrons. The van der Waals surface area contributed by atoms with Gasteiger partial charge < -0.3 is 0 Å². The maximum Gasteiger partial charge on any atom is 0.273 e. The van der Waals surface area contributed by atoms with Crippen LogP contribution in [-0.4, -0.2) is 15.2 Å². The van der Waals surface area contributed by atoms with Gasteiger partial charge in [-0.25, -0.2) is 0 Å². The predicted molar refractivity (Wildman–Crippen MR) is 68.4 cm³/mol. The molecule has 4 nitrogen and oxygen atoms in total. The number of aromatic nitrogens is 3. The van der Waals surface area contributed by atoms with Crippen molar-refractivity contribution in [3.63, 3.8) is 0 Å². The largest absolute Gasteiger partial charge is 0.298 e. The molecular formula is C11H10ClN3OS. The van der Waals surface area contributed by atoms with Gasteiger partial charge in [-0.2, -0.15) is 0 Å². The third-order valence-corrected chi connectivity index (χ3v) is 3.44. The van der Waals surface area contributed by atoms with Crippen LogP contribution in [0.25, 0.3) is 0 Å². The van der Waals surface area contributed by atoms with Crippen molar-refractivity contribution < 1.29 is 0 Å². The SMILES string of the molecule is Cc1nnc(SCc2ccccc2Cl)[nH]c1=O. The maximum absolute atomic E-state index is 11.3. The molecular weight excluding hydrogens is 258 g/mol. The van der Waals surface area contributed by atoms with Gasteiger partial charge in [0, 0.05) is 10.8 Å². The van der Waals surface area contributed by atoms with Crippen molar-refractivity contribution in [3.8, 4) is 0 Å². The molecule has 0 saturated carbocycles. The molecule has 0 spiro atoms. The van der Waals surface area contributed by atoms with Crippen LogP contribution in [0.15, 0.2) is 34.2 Å². The molecule has 1 N–H and O–H groups in total. The van der Waals surface area contributed by atoms with Crippen molar-refractivity contribution in [2.75, 3.05) is 0 Å². The summed E-state index contributed by atoms with van der Waals surface area (Å²) in [5.41, 5.74) is 1.16. The zero-order chi connectivity index (χ0) is 12.3. The minimum atomic E-state index is -0.207. The highest BCUT2D eigenvalue weighted by Crippen LogP contribution is 2.23. The first-order valence-corrected chi connectivity index (χ1v) is 6.33. The molecule has 1 aromatic carbocycles. The van der Waals surface area contributed by atoms with Gasteiger partial charge in [0.25, 0.3) is 5.56 Å². The van der Waals surface area contributed by atoms with E-state index < -0.39 is 0 Å². The maximum atomic E-state index is 11.3. The second-order valence-corrected chi connectivity index (χ2v) is 4.80. The van der Waals surface area contributed by atoms with Gasteiger partial charge in [-0.05, 0) is 18.6 Å². The average Bonchev–Trinajstić information content (AvgIpc) is 2.32. The lowest BCUT2D eigenvalue weighted by atomic mass is 10.2. The van der Waals surface area contributed by atoms with Gasteiger partial charge in [-0.1, -0.05) is 41.6 Å². The molecule has 6 heteroatoms. The average molecular weight is 268 g/mol. The van der Waals surface area contributed by atoms with E-state index in [0.29, 0.717) is 21.6 Å². The number of H-pyrrole nitrogens is 1. The van der Waals surface area contributed by atoms with Gasteiger partial charge in [0.1, 0.15) is 5.69 Å². The number of halogens is 1. The molecule has 2 aromatic rings.